The van der Waals surface area contributed by atoms with E-state index in [-0.39, 0.29) is 11.6 Å². The summed E-state index contributed by atoms with van der Waals surface area (Å²) in [6.07, 6.45) is 4.22. The highest BCUT2D eigenvalue weighted by atomic mass is 16.5. The molecule has 1 saturated carbocycles. The van der Waals surface area contributed by atoms with Gasteiger partial charge in [-0.15, -0.1) is 0 Å². The first-order valence-corrected chi connectivity index (χ1v) is 8.08. The van der Waals surface area contributed by atoms with Crippen LogP contribution >= 0.6 is 0 Å². The van der Waals surface area contributed by atoms with Crippen LogP contribution in [0.4, 0.5) is 10.5 Å². The largest absolute Gasteiger partial charge is 0.452 e. The normalized spacial score (nSPS) is 20.0. The smallest absolute Gasteiger partial charge is 0.338 e. The molecular weight excluding hydrogens is 310 g/mol. The maximum absolute atomic E-state index is 11.8. The molecule has 2 atom stereocenters. The summed E-state index contributed by atoms with van der Waals surface area (Å²) >= 11 is 0. The summed E-state index contributed by atoms with van der Waals surface area (Å²) in [6.45, 7) is 1.57. The van der Waals surface area contributed by atoms with Gasteiger partial charge >= 0.3 is 12.0 Å². The summed E-state index contributed by atoms with van der Waals surface area (Å²) in [7, 11) is 0. The van der Waals surface area contributed by atoms with E-state index in [4.69, 9.17) is 10.5 Å². The Bertz CT molecular complexity index is 600. The fraction of sp³-hybridized carbons (Fsp3) is 0.471. The fourth-order valence-electron chi connectivity index (χ4n) is 2.73. The lowest BCUT2D eigenvalue weighted by atomic mass is 9.86. The van der Waals surface area contributed by atoms with Crippen LogP contribution in [0.1, 0.15) is 43.0 Å². The van der Waals surface area contributed by atoms with Gasteiger partial charge in [0.25, 0.3) is 5.91 Å². The summed E-state index contributed by atoms with van der Waals surface area (Å²) in [5, 5.41) is 4.98. The predicted molar refractivity (Wildman–Crippen MR) is 89.2 cm³/mol. The summed E-state index contributed by atoms with van der Waals surface area (Å²) in [5.41, 5.74) is 6.34. The Morgan fingerprint density at radius 2 is 1.83 bits per heavy atom. The SMILES string of the molecule is C[C@@H]1CCCC[C@@H]1NC(=O)NC(=O)COC(=O)c1ccc(N)cc1. The van der Waals surface area contributed by atoms with Crippen LogP contribution in [0.5, 0.6) is 0 Å². The van der Waals surface area contributed by atoms with Crippen LogP contribution in [0, 0.1) is 5.92 Å². The van der Waals surface area contributed by atoms with Crippen molar-refractivity contribution in [2.45, 2.75) is 38.6 Å². The Labute approximate surface area is 140 Å². The van der Waals surface area contributed by atoms with Crippen molar-refractivity contribution in [1.29, 1.82) is 0 Å². The third-order valence-electron chi connectivity index (χ3n) is 4.16. The van der Waals surface area contributed by atoms with Gasteiger partial charge in [-0.25, -0.2) is 9.59 Å². The molecule has 0 heterocycles. The van der Waals surface area contributed by atoms with Gasteiger partial charge in [-0.2, -0.15) is 0 Å². The molecule has 4 N–H and O–H groups in total. The van der Waals surface area contributed by atoms with Gasteiger partial charge in [-0.05, 0) is 43.0 Å². The molecule has 0 aromatic heterocycles. The van der Waals surface area contributed by atoms with Gasteiger partial charge in [-0.1, -0.05) is 19.8 Å². The fourth-order valence-corrected chi connectivity index (χ4v) is 2.73. The Balaban J connectivity index is 1.73. The number of nitrogen functional groups attached to an aromatic ring is 1. The molecule has 1 fully saturated rings. The van der Waals surface area contributed by atoms with Crippen molar-refractivity contribution in [2.24, 2.45) is 5.92 Å². The van der Waals surface area contributed by atoms with Gasteiger partial charge < -0.3 is 15.8 Å². The van der Waals surface area contributed by atoms with Crippen molar-refractivity contribution in [3.8, 4) is 0 Å². The monoisotopic (exact) mass is 333 g/mol. The predicted octanol–water partition coefficient (Wildman–Crippen LogP) is 1.83. The molecule has 7 nitrogen and oxygen atoms in total. The van der Waals surface area contributed by atoms with Crippen molar-refractivity contribution in [3.63, 3.8) is 0 Å². The van der Waals surface area contributed by atoms with Crippen LogP contribution in [-0.2, 0) is 9.53 Å². The molecule has 0 saturated heterocycles. The lowest BCUT2D eigenvalue weighted by Gasteiger charge is -2.29. The molecule has 0 unspecified atom stereocenters. The Kier molecular flexibility index (Phi) is 6.17. The maximum atomic E-state index is 11.8. The zero-order valence-electron chi connectivity index (χ0n) is 13.7. The molecule has 7 heteroatoms. The number of urea groups is 1. The number of imide groups is 1. The second-order valence-corrected chi connectivity index (χ2v) is 6.09. The molecule has 0 aliphatic heterocycles. The van der Waals surface area contributed by atoms with E-state index in [0.717, 1.165) is 19.3 Å². The topological polar surface area (TPSA) is 111 Å². The van der Waals surface area contributed by atoms with Crippen molar-refractivity contribution in [1.82, 2.24) is 10.6 Å². The highest BCUT2D eigenvalue weighted by Crippen LogP contribution is 2.23. The first-order valence-electron chi connectivity index (χ1n) is 8.08. The van der Waals surface area contributed by atoms with Gasteiger partial charge in [-0.3, -0.25) is 10.1 Å². The number of nitrogens with one attached hydrogen (secondary N) is 2. The van der Waals surface area contributed by atoms with E-state index in [2.05, 4.69) is 17.6 Å². The van der Waals surface area contributed by atoms with Crippen LogP contribution in [0.15, 0.2) is 24.3 Å². The van der Waals surface area contributed by atoms with Crippen molar-refractivity contribution in [3.05, 3.63) is 29.8 Å². The van der Waals surface area contributed by atoms with Gasteiger partial charge in [0.2, 0.25) is 0 Å². The van der Waals surface area contributed by atoms with Crippen molar-refractivity contribution >= 4 is 23.6 Å². The van der Waals surface area contributed by atoms with Crippen LogP contribution in [-0.4, -0.2) is 30.6 Å². The molecule has 2 rings (SSSR count). The maximum Gasteiger partial charge on any atom is 0.338 e. The Morgan fingerprint density at radius 3 is 2.50 bits per heavy atom. The number of nitrogens with two attached hydrogens (primary N) is 1. The van der Waals surface area contributed by atoms with E-state index in [9.17, 15) is 14.4 Å². The van der Waals surface area contributed by atoms with E-state index in [1.165, 1.54) is 18.6 Å². The van der Waals surface area contributed by atoms with Crippen molar-refractivity contribution in [2.75, 3.05) is 12.3 Å². The van der Waals surface area contributed by atoms with Gasteiger partial charge in [0.05, 0.1) is 5.56 Å². The number of ether oxygens (including phenoxy) is 1. The average Bonchev–Trinajstić information content (AvgIpc) is 2.55. The first kappa shape index (κ1) is 17.8. The summed E-state index contributed by atoms with van der Waals surface area (Å²) < 4.78 is 4.87. The standard InChI is InChI=1S/C17H23N3O4/c1-11-4-2-3-5-14(11)19-17(23)20-15(21)10-24-16(22)12-6-8-13(18)9-7-12/h6-9,11,14H,2-5,10,18H2,1H3,(H2,19,20,21,23)/t11-,14+/m1/s1. The third-order valence-corrected chi connectivity index (χ3v) is 4.16. The molecule has 0 radical (unpaired) electrons. The number of rotatable bonds is 4. The van der Waals surface area contributed by atoms with Crippen LogP contribution in [0.3, 0.4) is 0 Å². The molecule has 1 aliphatic rings. The van der Waals surface area contributed by atoms with Crippen LogP contribution in [0.25, 0.3) is 0 Å². The molecule has 1 aromatic carbocycles. The molecule has 0 spiro atoms. The minimum absolute atomic E-state index is 0.0730. The van der Waals surface area contributed by atoms with Crippen LogP contribution < -0.4 is 16.4 Å². The van der Waals surface area contributed by atoms with Crippen molar-refractivity contribution < 1.29 is 19.1 Å². The lowest BCUT2D eigenvalue weighted by Crippen LogP contribution is -2.48. The zero-order valence-corrected chi connectivity index (χ0v) is 13.7. The Morgan fingerprint density at radius 1 is 1.17 bits per heavy atom. The number of hydrogen-bond acceptors (Lipinski definition) is 5. The summed E-state index contributed by atoms with van der Waals surface area (Å²) in [4.78, 5) is 35.3. The average molecular weight is 333 g/mol. The molecule has 0 bridgehead atoms. The van der Waals surface area contributed by atoms with E-state index >= 15 is 0 Å². The van der Waals surface area contributed by atoms with E-state index in [1.54, 1.807) is 12.1 Å². The number of carbonyl (C=O) groups is 3. The summed E-state index contributed by atoms with van der Waals surface area (Å²) in [6, 6.07) is 5.66. The van der Waals surface area contributed by atoms with Gasteiger partial charge in [0.1, 0.15) is 0 Å². The number of amides is 3. The number of anilines is 1. The Hall–Kier alpha value is -2.57. The van der Waals surface area contributed by atoms with E-state index < -0.39 is 24.5 Å². The highest BCUT2D eigenvalue weighted by molar-refractivity contribution is 5.97. The molecule has 1 aromatic rings. The van der Waals surface area contributed by atoms with Gasteiger partial charge in [0.15, 0.2) is 6.61 Å². The summed E-state index contributed by atoms with van der Waals surface area (Å²) in [5.74, 6) is -0.922. The first-order chi connectivity index (χ1) is 11.5. The second-order valence-electron chi connectivity index (χ2n) is 6.09. The second kappa shape index (κ2) is 8.33. The minimum Gasteiger partial charge on any atom is -0.452 e. The van der Waals surface area contributed by atoms with Gasteiger partial charge in [0, 0.05) is 11.7 Å². The van der Waals surface area contributed by atoms with Crippen LogP contribution in [0.2, 0.25) is 0 Å². The highest BCUT2D eigenvalue weighted by Gasteiger charge is 2.23. The molecule has 130 valence electrons. The minimum atomic E-state index is -0.667. The number of hydrogen-bond donors (Lipinski definition) is 3. The molecule has 1 aliphatic carbocycles. The molecule has 24 heavy (non-hydrogen) atoms. The number of esters is 1. The van der Waals surface area contributed by atoms with E-state index in [1.807, 2.05) is 0 Å². The zero-order chi connectivity index (χ0) is 17.5. The molecule has 3 amide bonds. The third kappa shape index (κ3) is 5.26. The van der Waals surface area contributed by atoms with E-state index in [0.29, 0.717) is 11.6 Å². The lowest BCUT2D eigenvalue weighted by molar-refractivity contribution is -0.123. The quantitative estimate of drug-likeness (QED) is 0.575. The number of carbonyl (C=O) groups excluding carboxylic acids is 3. The molecular formula is C17H23N3O4. The number of benzene rings is 1.